The molecule has 1 N–H and O–H groups in total. The first-order chi connectivity index (χ1) is 16.1. The number of hydrogen-bond acceptors (Lipinski definition) is 6. The Balaban J connectivity index is 1.91. The average Bonchev–Trinajstić information content (AvgIpc) is 3.27. The van der Waals surface area contributed by atoms with Gasteiger partial charge in [-0.1, -0.05) is 31.2 Å². The van der Waals surface area contributed by atoms with Gasteiger partial charge in [0.15, 0.2) is 11.5 Å². The number of sulfonamides is 1. The molecule has 0 saturated heterocycles. The highest BCUT2D eigenvalue weighted by Crippen LogP contribution is 2.36. The molecule has 1 aliphatic heterocycles. The van der Waals surface area contributed by atoms with Crippen LogP contribution in [0.5, 0.6) is 11.5 Å². The van der Waals surface area contributed by atoms with Gasteiger partial charge in [-0.25, -0.2) is 8.42 Å². The Morgan fingerprint density at radius 3 is 2.50 bits per heavy atom. The molecule has 2 amide bonds. The maximum absolute atomic E-state index is 13.5. The first kappa shape index (κ1) is 25.4. The summed E-state index contributed by atoms with van der Waals surface area (Å²) in [6.45, 7) is 5.76. The summed E-state index contributed by atoms with van der Waals surface area (Å²) in [7, 11) is -3.82. The van der Waals surface area contributed by atoms with E-state index in [-0.39, 0.29) is 24.9 Å². The van der Waals surface area contributed by atoms with Gasteiger partial charge < -0.3 is 19.7 Å². The van der Waals surface area contributed by atoms with Crippen LogP contribution in [0.4, 0.5) is 5.69 Å². The molecule has 184 valence electrons. The van der Waals surface area contributed by atoms with Gasteiger partial charge >= 0.3 is 0 Å². The molecule has 0 saturated carbocycles. The second-order valence-electron chi connectivity index (χ2n) is 8.22. The van der Waals surface area contributed by atoms with Gasteiger partial charge in [0.1, 0.15) is 12.6 Å². The van der Waals surface area contributed by atoms with Gasteiger partial charge in [-0.05, 0) is 43.5 Å². The van der Waals surface area contributed by atoms with Crippen LogP contribution < -0.4 is 19.1 Å². The van der Waals surface area contributed by atoms with Crippen LogP contribution >= 0.6 is 0 Å². The van der Waals surface area contributed by atoms with Crippen LogP contribution in [0.15, 0.2) is 42.5 Å². The minimum absolute atomic E-state index is 0.0468. The number of amides is 2. The van der Waals surface area contributed by atoms with E-state index in [4.69, 9.17) is 9.47 Å². The molecule has 1 atom stereocenters. The van der Waals surface area contributed by atoms with Crippen molar-refractivity contribution in [2.24, 2.45) is 0 Å². The van der Waals surface area contributed by atoms with Crippen molar-refractivity contribution in [3.8, 4) is 11.5 Å². The van der Waals surface area contributed by atoms with E-state index in [0.717, 1.165) is 28.1 Å². The number of benzene rings is 2. The van der Waals surface area contributed by atoms with Crippen molar-refractivity contribution in [2.45, 2.75) is 39.8 Å². The normalized spacial score (nSPS) is 13.3. The van der Waals surface area contributed by atoms with Crippen LogP contribution in [0.25, 0.3) is 0 Å². The Bertz CT molecular complexity index is 1150. The summed E-state index contributed by atoms with van der Waals surface area (Å²) >= 11 is 0. The van der Waals surface area contributed by atoms with Crippen molar-refractivity contribution in [1.82, 2.24) is 10.2 Å². The number of rotatable bonds is 10. The maximum Gasteiger partial charge on any atom is 0.244 e. The van der Waals surface area contributed by atoms with Gasteiger partial charge in [0.05, 0.1) is 11.9 Å². The summed E-state index contributed by atoms with van der Waals surface area (Å²) in [4.78, 5) is 27.7. The zero-order chi connectivity index (χ0) is 24.9. The molecular weight excluding hydrogens is 458 g/mol. The Morgan fingerprint density at radius 1 is 1.12 bits per heavy atom. The fourth-order valence-corrected chi connectivity index (χ4v) is 4.45. The number of aryl methyl sites for hydroxylation is 1. The van der Waals surface area contributed by atoms with E-state index in [1.165, 1.54) is 11.0 Å². The summed E-state index contributed by atoms with van der Waals surface area (Å²) in [5, 5.41) is 2.82. The monoisotopic (exact) mass is 489 g/mol. The average molecular weight is 490 g/mol. The molecule has 2 aromatic carbocycles. The zero-order valence-corrected chi connectivity index (χ0v) is 20.7. The molecule has 0 spiro atoms. The van der Waals surface area contributed by atoms with Gasteiger partial charge in [-0.2, -0.15) is 0 Å². The van der Waals surface area contributed by atoms with E-state index in [1.807, 2.05) is 38.1 Å². The predicted molar refractivity (Wildman–Crippen MR) is 129 cm³/mol. The van der Waals surface area contributed by atoms with Gasteiger partial charge in [0.2, 0.25) is 28.6 Å². The summed E-state index contributed by atoms with van der Waals surface area (Å²) in [6, 6.07) is 11.5. The fourth-order valence-electron chi connectivity index (χ4n) is 3.60. The van der Waals surface area contributed by atoms with Crippen molar-refractivity contribution in [2.75, 3.05) is 30.4 Å². The van der Waals surface area contributed by atoms with E-state index >= 15 is 0 Å². The van der Waals surface area contributed by atoms with Crippen LogP contribution in [0, 0.1) is 6.92 Å². The number of nitrogens with zero attached hydrogens (tertiary/aromatic N) is 2. The fraction of sp³-hybridized carbons (Fsp3) is 0.417. The van der Waals surface area contributed by atoms with Crippen molar-refractivity contribution in [1.29, 1.82) is 0 Å². The van der Waals surface area contributed by atoms with Crippen LogP contribution in [0.3, 0.4) is 0 Å². The summed E-state index contributed by atoms with van der Waals surface area (Å²) in [6.07, 6.45) is 1.80. The molecule has 1 heterocycles. The molecule has 0 aliphatic carbocycles. The lowest BCUT2D eigenvalue weighted by molar-refractivity contribution is -0.139. The van der Waals surface area contributed by atoms with Crippen LogP contribution in [0.2, 0.25) is 0 Å². The summed E-state index contributed by atoms with van der Waals surface area (Å²) < 4.78 is 37.0. The molecular formula is C24H31N3O6S. The van der Waals surface area contributed by atoms with Crippen LogP contribution in [-0.4, -0.2) is 57.3 Å². The standard InChI is InChI=1S/C24H31N3O6S/c1-5-12-25-24(29)18(3)26(14-19-9-7-6-8-17(19)2)23(28)15-27(34(4,30)31)20-10-11-21-22(13-20)33-16-32-21/h6-11,13,18H,5,12,14-16H2,1-4H3,(H,25,29)/t18-/m0/s1. The van der Waals surface area contributed by atoms with Crippen LogP contribution in [0.1, 0.15) is 31.4 Å². The number of carbonyl (C=O) groups excluding carboxylic acids is 2. The second-order valence-corrected chi connectivity index (χ2v) is 10.1. The Morgan fingerprint density at radius 2 is 1.82 bits per heavy atom. The topological polar surface area (TPSA) is 105 Å². The molecule has 0 fully saturated rings. The number of hydrogen-bond donors (Lipinski definition) is 1. The van der Waals surface area contributed by atoms with Gasteiger partial charge in [0.25, 0.3) is 0 Å². The molecule has 0 unspecified atom stereocenters. The Hall–Kier alpha value is -3.27. The largest absolute Gasteiger partial charge is 0.454 e. The van der Waals surface area contributed by atoms with Crippen molar-refractivity contribution < 1.29 is 27.5 Å². The number of anilines is 1. The van der Waals surface area contributed by atoms with Gasteiger partial charge in [0, 0.05) is 19.2 Å². The maximum atomic E-state index is 13.5. The Kier molecular flexibility index (Phi) is 8.03. The van der Waals surface area contributed by atoms with E-state index in [2.05, 4.69) is 5.32 Å². The van der Waals surface area contributed by atoms with Crippen molar-refractivity contribution in [3.63, 3.8) is 0 Å². The molecule has 10 heteroatoms. The zero-order valence-electron chi connectivity index (χ0n) is 19.9. The number of nitrogens with one attached hydrogen (secondary N) is 1. The number of ether oxygens (including phenoxy) is 2. The van der Waals surface area contributed by atoms with Gasteiger partial charge in [-0.3, -0.25) is 13.9 Å². The van der Waals surface area contributed by atoms with E-state index in [9.17, 15) is 18.0 Å². The minimum Gasteiger partial charge on any atom is -0.454 e. The lowest BCUT2D eigenvalue weighted by Crippen LogP contribution is -2.51. The SMILES string of the molecule is CCCNC(=O)[C@H](C)N(Cc1ccccc1C)C(=O)CN(c1ccc2c(c1)OCO2)S(C)(=O)=O. The predicted octanol–water partition coefficient (Wildman–Crippen LogP) is 2.43. The lowest BCUT2D eigenvalue weighted by Gasteiger charge is -2.31. The highest BCUT2D eigenvalue weighted by Gasteiger charge is 2.31. The third-order valence-corrected chi connectivity index (χ3v) is 6.78. The molecule has 2 aromatic rings. The Labute approximate surface area is 200 Å². The van der Waals surface area contributed by atoms with E-state index < -0.39 is 28.5 Å². The summed E-state index contributed by atoms with van der Waals surface area (Å²) in [5.41, 5.74) is 2.12. The molecule has 0 aromatic heterocycles. The molecule has 0 bridgehead atoms. The lowest BCUT2D eigenvalue weighted by atomic mass is 10.1. The van der Waals surface area contributed by atoms with Crippen LogP contribution in [-0.2, 0) is 26.2 Å². The molecule has 0 radical (unpaired) electrons. The molecule has 1 aliphatic rings. The number of carbonyl (C=O) groups is 2. The first-order valence-electron chi connectivity index (χ1n) is 11.1. The van der Waals surface area contributed by atoms with Gasteiger partial charge in [-0.15, -0.1) is 0 Å². The van der Waals surface area contributed by atoms with E-state index in [0.29, 0.717) is 18.0 Å². The third kappa shape index (κ3) is 5.99. The quantitative estimate of drug-likeness (QED) is 0.550. The highest BCUT2D eigenvalue weighted by atomic mass is 32.2. The van der Waals surface area contributed by atoms with Crippen molar-refractivity contribution >= 4 is 27.5 Å². The minimum atomic E-state index is -3.82. The highest BCUT2D eigenvalue weighted by molar-refractivity contribution is 7.92. The molecule has 34 heavy (non-hydrogen) atoms. The smallest absolute Gasteiger partial charge is 0.244 e. The first-order valence-corrected chi connectivity index (χ1v) is 13.0. The molecule has 9 nitrogen and oxygen atoms in total. The molecule has 3 rings (SSSR count). The van der Waals surface area contributed by atoms with Crippen molar-refractivity contribution in [3.05, 3.63) is 53.6 Å². The van der Waals surface area contributed by atoms with E-state index in [1.54, 1.807) is 19.1 Å². The second kappa shape index (κ2) is 10.8. The number of fused-ring (bicyclic) bond motifs is 1. The third-order valence-electron chi connectivity index (χ3n) is 5.64. The summed E-state index contributed by atoms with van der Waals surface area (Å²) in [5.74, 6) is 0.122.